The number of amides is 1. The van der Waals surface area contributed by atoms with Gasteiger partial charge in [-0.3, -0.25) is 4.79 Å². The number of imidazole rings is 1. The largest absolute Gasteiger partial charge is 0.486 e. The number of aryl methyl sites for hydroxylation is 2. The van der Waals surface area contributed by atoms with Crippen LogP contribution in [0.1, 0.15) is 76.1 Å². The average molecular weight is 536 g/mol. The standard InChI is InChI=1S/C32H42ClN3O2/c1-23-7-6-10-29-31(23)34-30(22-38-28-13-11-27(33)12-14-28)36(29)20-15-24(2)32(37)35-18-16-26(17-19-35)21-25-8-4-3-5-9-25/h6-7,10-14,24-26H,3-5,8-9,15-22H2,1-2H3. The lowest BCUT2D eigenvalue weighted by atomic mass is 9.80. The van der Waals surface area contributed by atoms with Crippen molar-refractivity contribution >= 4 is 28.5 Å². The molecule has 1 saturated heterocycles. The summed E-state index contributed by atoms with van der Waals surface area (Å²) in [6.45, 7) is 7.14. The minimum atomic E-state index is -0.0165. The molecule has 3 aromatic rings. The number of carbonyl (C=O) groups is 1. The molecule has 38 heavy (non-hydrogen) atoms. The topological polar surface area (TPSA) is 47.4 Å². The van der Waals surface area contributed by atoms with Crippen molar-refractivity contribution in [3.8, 4) is 5.75 Å². The fourth-order valence-electron chi connectivity index (χ4n) is 6.41. The lowest BCUT2D eigenvalue weighted by Gasteiger charge is -2.35. The Morgan fingerprint density at radius 1 is 1.03 bits per heavy atom. The first-order chi connectivity index (χ1) is 18.5. The van der Waals surface area contributed by atoms with Crippen molar-refractivity contribution in [3.05, 3.63) is 58.9 Å². The van der Waals surface area contributed by atoms with E-state index in [1.54, 1.807) is 0 Å². The van der Waals surface area contributed by atoms with Gasteiger partial charge in [0.05, 0.1) is 11.0 Å². The van der Waals surface area contributed by atoms with Gasteiger partial charge in [0.25, 0.3) is 0 Å². The summed E-state index contributed by atoms with van der Waals surface area (Å²) in [7, 11) is 0. The molecule has 1 aromatic heterocycles. The third kappa shape index (κ3) is 6.54. The van der Waals surface area contributed by atoms with Gasteiger partial charge in [0.2, 0.25) is 5.91 Å². The number of halogens is 1. The number of para-hydroxylation sites is 1. The highest BCUT2D eigenvalue weighted by Crippen LogP contribution is 2.33. The number of fused-ring (bicyclic) bond motifs is 1. The number of benzene rings is 2. The van der Waals surface area contributed by atoms with Crippen LogP contribution in [0.4, 0.5) is 0 Å². The van der Waals surface area contributed by atoms with Crippen LogP contribution in [0, 0.1) is 24.7 Å². The summed E-state index contributed by atoms with van der Waals surface area (Å²) in [6, 6.07) is 13.7. The molecule has 1 amide bonds. The van der Waals surface area contributed by atoms with Crippen molar-refractivity contribution in [1.82, 2.24) is 14.5 Å². The summed E-state index contributed by atoms with van der Waals surface area (Å²) in [5, 5.41) is 0.687. The smallest absolute Gasteiger partial charge is 0.225 e. The van der Waals surface area contributed by atoms with Crippen molar-refractivity contribution in [2.45, 2.75) is 84.8 Å². The maximum Gasteiger partial charge on any atom is 0.225 e. The Labute approximate surface area is 232 Å². The van der Waals surface area contributed by atoms with Crippen LogP contribution in [-0.4, -0.2) is 33.4 Å². The summed E-state index contributed by atoms with van der Waals surface area (Å²) in [6.07, 6.45) is 11.6. The average Bonchev–Trinajstić information content (AvgIpc) is 3.30. The molecule has 1 aliphatic carbocycles. The van der Waals surface area contributed by atoms with Crippen LogP contribution in [0.25, 0.3) is 11.0 Å². The van der Waals surface area contributed by atoms with Crippen LogP contribution < -0.4 is 4.74 Å². The molecule has 1 unspecified atom stereocenters. The summed E-state index contributed by atoms with van der Waals surface area (Å²) in [4.78, 5) is 20.4. The van der Waals surface area contributed by atoms with Gasteiger partial charge < -0.3 is 14.2 Å². The third-order valence-corrected chi connectivity index (χ3v) is 9.02. The molecular weight excluding hydrogens is 494 g/mol. The van der Waals surface area contributed by atoms with E-state index in [9.17, 15) is 4.79 Å². The summed E-state index contributed by atoms with van der Waals surface area (Å²) < 4.78 is 8.29. The van der Waals surface area contributed by atoms with Gasteiger partial charge in [-0.05, 0) is 80.3 Å². The molecule has 2 fully saturated rings. The molecule has 1 saturated carbocycles. The van der Waals surface area contributed by atoms with Gasteiger partial charge in [-0.1, -0.05) is 62.8 Å². The zero-order chi connectivity index (χ0) is 26.5. The molecule has 5 rings (SSSR count). The van der Waals surface area contributed by atoms with Crippen molar-refractivity contribution in [1.29, 1.82) is 0 Å². The fraction of sp³-hybridized carbons (Fsp3) is 0.562. The highest BCUT2D eigenvalue weighted by molar-refractivity contribution is 6.30. The molecule has 0 bridgehead atoms. The minimum Gasteiger partial charge on any atom is -0.486 e. The predicted octanol–water partition coefficient (Wildman–Crippen LogP) is 7.81. The Morgan fingerprint density at radius 3 is 2.47 bits per heavy atom. The number of piperidine rings is 1. The second-order valence-corrected chi connectivity index (χ2v) is 12.0. The highest BCUT2D eigenvalue weighted by atomic mass is 35.5. The van der Waals surface area contributed by atoms with Crippen molar-refractivity contribution in [3.63, 3.8) is 0 Å². The molecular formula is C32H42ClN3O2. The number of likely N-dealkylation sites (tertiary alicyclic amines) is 1. The highest BCUT2D eigenvalue weighted by Gasteiger charge is 2.28. The van der Waals surface area contributed by atoms with Crippen LogP contribution >= 0.6 is 11.6 Å². The number of carbonyl (C=O) groups excluding carboxylic acids is 1. The van der Waals surface area contributed by atoms with Gasteiger partial charge in [0.15, 0.2) is 0 Å². The summed E-state index contributed by atoms with van der Waals surface area (Å²) in [5.41, 5.74) is 3.25. The Bertz CT molecular complexity index is 1210. The summed E-state index contributed by atoms with van der Waals surface area (Å²) >= 11 is 6.02. The molecule has 5 nitrogen and oxygen atoms in total. The van der Waals surface area contributed by atoms with E-state index in [-0.39, 0.29) is 5.92 Å². The van der Waals surface area contributed by atoms with E-state index >= 15 is 0 Å². The van der Waals surface area contributed by atoms with E-state index in [1.165, 1.54) is 51.4 Å². The zero-order valence-electron chi connectivity index (χ0n) is 23.0. The van der Waals surface area contributed by atoms with E-state index in [1.807, 2.05) is 24.3 Å². The maximum atomic E-state index is 13.4. The first kappa shape index (κ1) is 27.1. The molecule has 0 spiro atoms. The molecule has 1 aliphatic heterocycles. The minimum absolute atomic E-state index is 0.0165. The SMILES string of the molecule is Cc1cccc2c1nc(COc1ccc(Cl)cc1)n2CCC(C)C(=O)N1CCC(CC2CCCCC2)CC1. The maximum absolute atomic E-state index is 13.4. The number of aromatic nitrogens is 2. The molecule has 2 aromatic carbocycles. The molecule has 0 radical (unpaired) electrons. The van der Waals surface area contributed by atoms with E-state index in [4.69, 9.17) is 21.3 Å². The first-order valence-electron chi connectivity index (χ1n) is 14.6. The van der Waals surface area contributed by atoms with Crippen LogP contribution in [0.5, 0.6) is 5.75 Å². The lowest BCUT2D eigenvalue weighted by molar-refractivity contribution is -0.136. The molecule has 2 heterocycles. The predicted molar refractivity (Wildman–Crippen MR) is 155 cm³/mol. The Hall–Kier alpha value is -2.53. The van der Waals surface area contributed by atoms with Gasteiger partial charge in [0, 0.05) is 30.6 Å². The number of nitrogens with zero attached hydrogens (tertiary/aromatic N) is 3. The van der Waals surface area contributed by atoms with Gasteiger partial charge >= 0.3 is 0 Å². The number of rotatable bonds is 9. The number of hydrogen-bond donors (Lipinski definition) is 0. The Morgan fingerprint density at radius 2 is 1.74 bits per heavy atom. The summed E-state index contributed by atoms with van der Waals surface area (Å²) in [5.74, 6) is 3.67. The van der Waals surface area contributed by atoms with Gasteiger partial charge in [-0.15, -0.1) is 0 Å². The van der Waals surface area contributed by atoms with E-state index in [0.29, 0.717) is 17.5 Å². The second-order valence-electron chi connectivity index (χ2n) is 11.6. The normalized spacial score (nSPS) is 18.1. The van der Waals surface area contributed by atoms with Gasteiger partial charge in [0.1, 0.15) is 18.2 Å². The Balaban J connectivity index is 1.19. The van der Waals surface area contributed by atoms with Crippen molar-refractivity contribution < 1.29 is 9.53 Å². The monoisotopic (exact) mass is 535 g/mol. The van der Waals surface area contributed by atoms with Crippen LogP contribution in [-0.2, 0) is 17.9 Å². The first-order valence-corrected chi connectivity index (χ1v) is 15.0. The van der Waals surface area contributed by atoms with Crippen LogP contribution in [0.15, 0.2) is 42.5 Å². The lowest BCUT2D eigenvalue weighted by Crippen LogP contribution is -2.41. The van der Waals surface area contributed by atoms with Gasteiger partial charge in [-0.2, -0.15) is 0 Å². The fourth-order valence-corrected chi connectivity index (χ4v) is 6.54. The van der Waals surface area contributed by atoms with Crippen molar-refractivity contribution in [2.24, 2.45) is 17.8 Å². The quantitative estimate of drug-likeness (QED) is 0.280. The molecule has 1 atom stereocenters. The second kappa shape index (κ2) is 12.5. The van der Waals surface area contributed by atoms with Gasteiger partial charge in [-0.25, -0.2) is 4.98 Å². The van der Waals surface area contributed by atoms with E-state index in [2.05, 4.69) is 41.5 Å². The molecule has 6 heteroatoms. The van der Waals surface area contributed by atoms with E-state index < -0.39 is 0 Å². The van der Waals surface area contributed by atoms with Crippen LogP contribution in [0.3, 0.4) is 0 Å². The third-order valence-electron chi connectivity index (χ3n) is 8.77. The Kier molecular flexibility index (Phi) is 8.93. The van der Waals surface area contributed by atoms with Crippen LogP contribution in [0.2, 0.25) is 5.02 Å². The molecule has 2 aliphatic rings. The number of ether oxygens (including phenoxy) is 1. The zero-order valence-corrected chi connectivity index (χ0v) is 23.8. The van der Waals surface area contributed by atoms with E-state index in [0.717, 1.165) is 66.1 Å². The number of hydrogen-bond acceptors (Lipinski definition) is 3. The van der Waals surface area contributed by atoms with Crippen molar-refractivity contribution in [2.75, 3.05) is 13.1 Å². The molecule has 0 N–H and O–H groups in total. The molecule has 204 valence electrons.